The number of pyridine rings is 1. The summed E-state index contributed by atoms with van der Waals surface area (Å²) in [6, 6.07) is 15.7. The maximum Gasteiger partial charge on any atom is 0.257 e. The van der Waals surface area contributed by atoms with E-state index >= 15 is 0 Å². The second kappa shape index (κ2) is 8.23. The zero-order chi connectivity index (χ0) is 19.2. The number of nitrogens with zero attached hydrogens (tertiary/aromatic N) is 1. The van der Waals surface area contributed by atoms with Crippen LogP contribution >= 0.6 is 0 Å². The molecule has 0 fully saturated rings. The Hall–Kier alpha value is -3.54. The van der Waals surface area contributed by atoms with Crippen molar-refractivity contribution in [3.05, 3.63) is 89.4 Å². The van der Waals surface area contributed by atoms with Crippen molar-refractivity contribution in [1.82, 2.24) is 10.3 Å². The third-order valence-corrected chi connectivity index (χ3v) is 3.86. The van der Waals surface area contributed by atoms with Gasteiger partial charge in [-0.1, -0.05) is 24.3 Å². The molecular weight excluding hydrogens is 347 g/mol. The molecule has 1 amide bonds. The van der Waals surface area contributed by atoms with Crippen LogP contribution in [-0.2, 0) is 6.54 Å². The van der Waals surface area contributed by atoms with Crippen LogP contribution in [0.25, 0.3) is 0 Å². The van der Waals surface area contributed by atoms with E-state index in [9.17, 15) is 14.0 Å². The van der Waals surface area contributed by atoms with Gasteiger partial charge >= 0.3 is 0 Å². The number of halogens is 1. The first kappa shape index (κ1) is 18.3. The lowest BCUT2D eigenvalue weighted by molar-refractivity contribution is 0.0946. The Labute approximate surface area is 155 Å². The molecule has 1 heterocycles. The summed E-state index contributed by atoms with van der Waals surface area (Å²) in [6.07, 6.45) is 1.51. The van der Waals surface area contributed by atoms with Crippen molar-refractivity contribution < 1.29 is 18.7 Å². The molecule has 0 radical (unpaired) electrons. The number of aromatic nitrogens is 1. The molecule has 5 nitrogen and oxygen atoms in total. The molecule has 0 aliphatic rings. The second-order valence-electron chi connectivity index (χ2n) is 5.85. The monoisotopic (exact) mass is 364 g/mol. The summed E-state index contributed by atoms with van der Waals surface area (Å²) in [6.45, 7) is 1.80. The molecule has 0 aliphatic heterocycles. The summed E-state index contributed by atoms with van der Waals surface area (Å²) >= 11 is 0. The Kier molecular flexibility index (Phi) is 5.56. The molecule has 1 N–H and O–H groups in total. The van der Waals surface area contributed by atoms with Crippen LogP contribution in [0.2, 0.25) is 0 Å². The highest BCUT2D eigenvalue weighted by Gasteiger charge is 2.14. The Morgan fingerprint density at radius 2 is 1.74 bits per heavy atom. The first-order valence-electron chi connectivity index (χ1n) is 8.29. The minimum absolute atomic E-state index is 0.0106. The van der Waals surface area contributed by atoms with E-state index in [-0.39, 0.29) is 29.0 Å². The fourth-order valence-electron chi connectivity index (χ4n) is 2.39. The number of amides is 1. The predicted octanol–water partition coefficient (Wildman–Crippen LogP) is 4.15. The highest BCUT2D eigenvalue weighted by molar-refractivity contribution is 5.96. The van der Waals surface area contributed by atoms with Gasteiger partial charge in [0.15, 0.2) is 5.78 Å². The summed E-state index contributed by atoms with van der Waals surface area (Å²) in [4.78, 5) is 27.9. The predicted molar refractivity (Wildman–Crippen MR) is 98.3 cm³/mol. The molecule has 0 spiro atoms. The van der Waals surface area contributed by atoms with Gasteiger partial charge in [-0.25, -0.2) is 9.37 Å². The Bertz CT molecular complexity index is 954. The Morgan fingerprint density at radius 3 is 2.41 bits per heavy atom. The summed E-state index contributed by atoms with van der Waals surface area (Å²) in [5.74, 6) is -0.228. The molecule has 136 valence electrons. The normalized spacial score (nSPS) is 10.3. The third-order valence-electron chi connectivity index (χ3n) is 3.86. The van der Waals surface area contributed by atoms with Crippen LogP contribution in [0.4, 0.5) is 4.39 Å². The summed E-state index contributed by atoms with van der Waals surface area (Å²) < 4.78 is 18.6. The number of nitrogens with one attached hydrogen (secondary N) is 1. The first-order chi connectivity index (χ1) is 13.0. The number of carbonyl (C=O) groups excluding carboxylic acids is 2. The quantitative estimate of drug-likeness (QED) is 0.667. The molecule has 6 heteroatoms. The number of carbonyl (C=O) groups is 2. The minimum atomic E-state index is -0.378. The van der Waals surface area contributed by atoms with E-state index in [2.05, 4.69) is 10.3 Å². The number of Topliss-reactive ketones (excluding diaryl/α,β-unsaturated/α-hetero) is 1. The van der Waals surface area contributed by atoms with E-state index in [1.807, 2.05) is 0 Å². The van der Waals surface area contributed by atoms with Gasteiger partial charge in [0.2, 0.25) is 5.88 Å². The van der Waals surface area contributed by atoms with Gasteiger partial charge in [0, 0.05) is 18.3 Å². The van der Waals surface area contributed by atoms with Crippen molar-refractivity contribution >= 4 is 11.7 Å². The Morgan fingerprint density at radius 1 is 1.04 bits per heavy atom. The average molecular weight is 364 g/mol. The van der Waals surface area contributed by atoms with Crippen LogP contribution < -0.4 is 10.1 Å². The molecule has 1 aromatic heterocycles. The lowest BCUT2D eigenvalue weighted by Crippen LogP contribution is -2.23. The smallest absolute Gasteiger partial charge is 0.257 e. The highest BCUT2D eigenvalue weighted by atomic mass is 19.1. The molecule has 0 atom stereocenters. The van der Waals surface area contributed by atoms with Crippen molar-refractivity contribution in [2.24, 2.45) is 0 Å². The zero-order valence-corrected chi connectivity index (χ0v) is 14.6. The zero-order valence-electron chi connectivity index (χ0n) is 14.6. The van der Waals surface area contributed by atoms with Crippen molar-refractivity contribution in [3.8, 4) is 11.6 Å². The Balaban J connectivity index is 1.69. The second-order valence-corrected chi connectivity index (χ2v) is 5.85. The number of benzene rings is 2. The van der Waals surface area contributed by atoms with Gasteiger partial charge in [-0.2, -0.15) is 0 Å². The third kappa shape index (κ3) is 4.76. The molecular formula is C21H17FN2O3. The number of hydrogen-bond acceptors (Lipinski definition) is 4. The molecule has 27 heavy (non-hydrogen) atoms. The van der Waals surface area contributed by atoms with Gasteiger partial charge < -0.3 is 10.1 Å². The maximum atomic E-state index is 13.0. The summed E-state index contributed by atoms with van der Waals surface area (Å²) in [5.41, 5.74) is 1.74. The van der Waals surface area contributed by atoms with Crippen LogP contribution in [-0.4, -0.2) is 16.7 Å². The molecule has 0 saturated heterocycles. The van der Waals surface area contributed by atoms with Crippen LogP contribution in [0, 0.1) is 5.82 Å². The van der Waals surface area contributed by atoms with E-state index in [0.29, 0.717) is 17.9 Å². The molecule has 0 saturated carbocycles. The van der Waals surface area contributed by atoms with E-state index in [1.54, 1.807) is 36.4 Å². The van der Waals surface area contributed by atoms with E-state index in [0.717, 1.165) is 5.56 Å². The summed E-state index contributed by atoms with van der Waals surface area (Å²) in [7, 11) is 0. The number of ketones is 1. The van der Waals surface area contributed by atoms with Gasteiger partial charge in [-0.05, 0) is 48.9 Å². The van der Waals surface area contributed by atoms with Crippen LogP contribution in [0.3, 0.4) is 0 Å². The van der Waals surface area contributed by atoms with E-state index in [4.69, 9.17) is 4.74 Å². The van der Waals surface area contributed by atoms with E-state index in [1.165, 1.54) is 37.4 Å². The van der Waals surface area contributed by atoms with Gasteiger partial charge in [0.25, 0.3) is 5.91 Å². The topological polar surface area (TPSA) is 68.3 Å². The van der Waals surface area contributed by atoms with Crippen LogP contribution in [0.1, 0.15) is 33.2 Å². The van der Waals surface area contributed by atoms with E-state index < -0.39 is 0 Å². The van der Waals surface area contributed by atoms with Crippen LogP contribution in [0.15, 0.2) is 66.9 Å². The van der Waals surface area contributed by atoms with Crippen molar-refractivity contribution in [1.29, 1.82) is 0 Å². The largest absolute Gasteiger partial charge is 0.438 e. The standard InChI is InChI=1S/C21H17FN2O3/c1-14(25)16-6-4-15(5-7-16)13-24-20(26)19-3-2-12-23-21(19)27-18-10-8-17(22)9-11-18/h2-12H,13H2,1H3,(H,24,26). The molecule has 2 aromatic carbocycles. The number of rotatable bonds is 6. The maximum absolute atomic E-state index is 13.0. The molecule has 3 aromatic rings. The van der Waals surface area contributed by atoms with Crippen molar-refractivity contribution in [2.45, 2.75) is 13.5 Å². The van der Waals surface area contributed by atoms with Crippen molar-refractivity contribution in [3.63, 3.8) is 0 Å². The fraction of sp³-hybridized carbons (Fsp3) is 0.0952. The van der Waals surface area contributed by atoms with Gasteiger partial charge in [0.05, 0.1) is 0 Å². The highest BCUT2D eigenvalue weighted by Crippen LogP contribution is 2.23. The van der Waals surface area contributed by atoms with Gasteiger partial charge in [0.1, 0.15) is 17.1 Å². The lowest BCUT2D eigenvalue weighted by Gasteiger charge is -2.10. The molecule has 0 bridgehead atoms. The number of hydrogen-bond donors (Lipinski definition) is 1. The van der Waals surface area contributed by atoms with Crippen LogP contribution in [0.5, 0.6) is 11.6 Å². The lowest BCUT2D eigenvalue weighted by atomic mass is 10.1. The first-order valence-corrected chi connectivity index (χ1v) is 8.29. The van der Waals surface area contributed by atoms with Crippen molar-refractivity contribution in [2.75, 3.05) is 0 Å². The minimum Gasteiger partial charge on any atom is -0.438 e. The van der Waals surface area contributed by atoms with Gasteiger partial charge in [-0.15, -0.1) is 0 Å². The molecule has 3 rings (SSSR count). The van der Waals surface area contributed by atoms with Gasteiger partial charge in [-0.3, -0.25) is 9.59 Å². The average Bonchev–Trinajstić information content (AvgIpc) is 2.68. The number of ether oxygens (including phenoxy) is 1. The molecule has 0 aliphatic carbocycles. The fourth-order valence-corrected chi connectivity index (χ4v) is 2.39. The summed E-state index contributed by atoms with van der Waals surface area (Å²) in [5, 5.41) is 2.80. The SMILES string of the molecule is CC(=O)c1ccc(CNC(=O)c2cccnc2Oc2ccc(F)cc2)cc1. The molecule has 0 unspecified atom stereocenters.